The number of halogens is 1. The lowest BCUT2D eigenvalue weighted by Gasteiger charge is -2.34. The van der Waals surface area contributed by atoms with Gasteiger partial charge in [-0.1, -0.05) is 0 Å². The number of hydrogen-bond acceptors (Lipinski definition) is 3. The van der Waals surface area contributed by atoms with E-state index in [2.05, 4.69) is 27.5 Å². The summed E-state index contributed by atoms with van der Waals surface area (Å²) in [6.45, 7) is 3.77. The molecule has 1 aromatic rings. The number of hydrogen-bond donors (Lipinski definition) is 1. The van der Waals surface area contributed by atoms with Crippen LogP contribution in [-0.2, 0) is 23.1 Å². The molecule has 7 heteroatoms. The molecule has 1 saturated heterocycles. The Kier molecular flexibility index (Phi) is 8.05. The van der Waals surface area contributed by atoms with Gasteiger partial charge in [0.15, 0.2) is 5.96 Å². The molecule has 2 heterocycles. The molecule has 1 N–H and O–H groups in total. The molecule has 0 bridgehead atoms. The monoisotopic (exact) mass is 408 g/mol. The number of nitrogens with zero attached hydrogens (tertiary/aromatic N) is 3. The zero-order valence-corrected chi connectivity index (χ0v) is 15.2. The van der Waals surface area contributed by atoms with Crippen molar-refractivity contribution in [2.75, 3.05) is 40.5 Å². The van der Waals surface area contributed by atoms with Gasteiger partial charge in [0.25, 0.3) is 0 Å². The molecule has 1 aliphatic heterocycles. The van der Waals surface area contributed by atoms with Crippen LogP contribution in [0.2, 0.25) is 0 Å². The predicted molar refractivity (Wildman–Crippen MR) is 94.2 cm³/mol. The highest BCUT2D eigenvalue weighted by atomic mass is 127. The number of rotatable bonds is 4. The van der Waals surface area contributed by atoms with Crippen molar-refractivity contribution in [1.82, 2.24) is 14.8 Å². The first-order valence-corrected chi connectivity index (χ1v) is 6.90. The molecule has 0 aliphatic carbocycles. The maximum Gasteiger partial charge on any atom is 0.194 e. The summed E-state index contributed by atoms with van der Waals surface area (Å²) in [5.41, 5.74) is 1.25. The minimum absolute atomic E-state index is 0. The van der Waals surface area contributed by atoms with Gasteiger partial charge in [-0.3, -0.25) is 4.99 Å². The molecular weight excluding hydrogens is 383 g/mol. The molecule has 0 spiro atoms. The van der Waals surface area contributed by atoms with E-state index in [0.29, 0.717) is 13.2 Å². The highest BCUT2D eigenvalue weighted by Gasteiger charge is 2.22. The van der Waals surface area contributed by atoms with Gasteiger partial charge in [0, 0.05) is 53.2 Å². The second kappa shape index (κ2) is 9.26. The van der Waals surface area contributed by atoms with E-state index in [-0.39, 0.29) is 30.1 Å². The minimum atomic E-state index is 0. The third-order valence-electron chi connectivity index (χ3n) is 3.35. The smallest absolute Gasteiger partial charge is 0.194 e. The molecule has 1 aromatic heterocycles. The van der Waals surface area contributed by atoms with Crippen LogP contribution < -0.4 is 5.32 Å². The van der Waals surface area contributed by atoms with Crippen LogP contribution in [-0.4, -0.2) is 62.0 Å². The summed E-state index contributed by atoms with van der Waals surface area (Å²) in [5, 5.41) is 3.40. The lowest BCUT2D eigenvalue weighted by atomic mass is 10.3. The second-order valence-electron chi connectivity index (χ2n) is 4.98. The van der Waals surface area contributed by atoms with Crippen molar-refractivity contribution >= 4 is 29.9 Å². The van der Waals surface area contributed by atoms with E-state index in [1.807, 2.05) is 24.9 Å². The van der Waals surface area contributed by atoms with E-state index in [1.54, 1.807) is 7.11 Å². The van der Waals surface area contributed by atoms with E-state index in [1.165, 1.54) is 5.56 Å². The van der Waals surface area contributed by atoms with Gasteiger partial charge in [-0.25, -0.2) is 0 Å². The van der Waals surface area contributed by atoms with Gasteiger partial charge in [-0.2, -0.15) is 0 Å². The predicted octanol–water partition coefficient (Wildman–Crippen LogP) is 1.07. The zero-order valence-electron chi connectivity index (χ0n) is 12.9. The van der Waals surface area contributed by atoms with Gasteiger partial charge in [0.1, 0.15) is 0 Å². The number of methoxy groups -OCH3 is 1. The third kappa shape index (κ3) is 5.48. The summed E-state index contributed by atoms with van der Waals surface area (Å²) in [5.74, 6) is 0.915. The van der Waals surface area contributed by atoms with Crippen molar-refractivity contribution in [3.8, 4) is 0 Å². The Labute approximate surface area is 143 Å². The molecule has 1 unspecified atom stereocenters. The first-order valence-electron chi connectivity index (χ1n) is 6.90. The van der Waals surface area contributed by atoms with Crippen molar-refractivity contribution < 1.29 is 9.47 Å². The Morgan fingerprint density at radius 2 is 2.38 bits per heavy atom. The molecule has 21 heavy (non-hydrogen) atoms. The normalized spacial score (nSPS) is 19.3. The Morgan fingerprint density at radius 3 is 3.00 bits per heavy atom. The summed E-state index contributed by atoms with van der Waals surface area (Å²) in [6.07, 6.45) is 4.26. The number of nitrogens with one attached hydrogen (secondary N) is 1. The maximum absolute atomic E-state index is 5.66. The fourth-order valence-corrected chi connectivity index (χ4v) is 2.38. The molecule has 1 aliphatic rings. The molecular formula is C14H25IN4O2. The molecule has 0 saturated carbocycles. The van der Waals surface area contributed by atoms with Crippen LogP contribution in [0.25, 0.3) is 0 Å². The molecule has 120 valence electrons. The van der Waals surface area contributed by atoms with Crippen LogP contribution in [0, 0.1) is 0 Å². The highest BCUT2D eigenvalue weighted by molar-refractivity contribution is 14.0. The van der Waals surface area contributed by atoms with Crippen molar-refractivity contribution in [2.24, 2.45) is 12.0 Å². The first kappa shape index (κ1) is 18.2. The van der Waals surface area contributed by atoms with Crippen molar-refractivity contribution in [2.45, 2.75) is 12.6 Å². The number of ether oxygens (including phenoxy) is 2. The van der Waals surface area contributed by atoms with Crippen LogP contribution in [0.4, 0.5) is 0 Å². The van der Waals surface area contributed by atoms with E-state index < -0.39 is 0 Å². The molecule has 2 rings (SSSR count). The molecule has 1 fully saturated rings. The number of morpholine rings is 1. The number of aliphatic imine (C=N–C) groups is 1. The Balaban J connectivity index is 0.00000220. The van der Waals surface area contributed by atoms with E-state index in [0.717, 1.165) is 25.6 Å². The van der Waals surface area contributed by atoms with E-state index in [4.69, 9.17) is 9.47 Å². The van der Waals surface area contributed by atoms with Crippen LogP contribution >= 0.6 is 24.0 Å². The molecule has 0 aromatic carbocycles. The lowest BCUT2D eigenvalue weighted by Crippen LogP contribution is -2.51. The fourth-order valence-electron chi connectivity index (χ4n) is 2.38. The quantitative estimate of drug-likeness (QED) is 0.460. The van der Waals surface area contributed by atoms with Crippen molar-refractivity contribution in [1.29, 1.82) is 0 Å². The van der Waals surface area contributed by atoms with Crippen LogP contribution in [0.5, 0.6) is 0 Å². The van der Waals surface area contributed by atoms with Gasteiger partial charge < -0.3 is 24.3 Å². The van der Waals surface area contributed by atoms with Crippen molar-refractivity contribution in [3.05, 3.63) is 24.0 Å². The van der Waals surface area contributed by atoms with E-state index in [9.17, 15) is 0 Å². The fraction of sp³-hybridized carbons (Fsp3) is 0.643. The van der Waals surface area contributed by atoms with Gasteiger partial charge in [-0.05, 0) is 11.6 Å². The summed E-state index contributed by atoms with van der Waals surface area (Å²) in [4.78, 5) is 6.57. The second-order valence-corrected chi connectivity index (χ2v) is 4.98. The van der Waals surface area contributed by atoms with Gasteiger partial charge >= 0.3 is 0 Å². The van der Waals surface area contributed by atoms with E-state index >= 15 is 0 Å². The first-order chi connectivity index (χ1) is 9.72. The van der Waals surface area contributed by atoms with Crippen LogP contribution in [0.15, 0.2) is 23.5 Å². The van der Waals surface area contributed by atoms with Crippen LogP contribution in [0.3, 0.4) is 0 Å². The standard InChI is InChI=1S/C14H24N4O2.HI/c1-15-14(16-8-12-4-5-17(2)9-12)18-6-7-20-13(10-18)11-19-3;/h4-5,9,13H,6-8,10-11H2,1-3H3,(H,15,16);1H. The van der Waals surface area contributed by atoms with Crippen LogP contribution in [0.1, 0.15) is 5.56 Å². The molecule has 0 radical (unpaired) electrons. The number of aromatic nitrogens is 1. The molecule has 0 amide bonds. The Bertz CT molecular complexity index is 448. The topological polar surface area (TPSA) is 51.0 Å². The Morgan fingerprint density at radius 1 is 1.57 bits per heavy atom. The number of aryl methyl sites for hydroxylation is 1. The maximum atomic E-state index is 5.66. The zero-order chi connectivity index (χ0) is 14.4. The van der Waals surface area contributed by atoms with Crippen molar-refractivity contribution in [3.63, 3.8) is 0 Å². The van der Waals surface area contributed by atoms with Gasteiger partial charge in [-0.15, -0.1) is 24.0 Å². The van der Waals surface area contributed by atoms with Gasteiger partial charge in [0.2, 0.25) is 0 Å². The summed E-state index contributed by atoms with van der Waals surface area (Å²) < 4.78 is 12.9. The summed E-state index contributed by atoms with van der Waals surface area (Å²) >= 11 is 0. The SMILES string of the molecule is CN=C(NCc1ccn(C)c1)N1CCOC(COC)C1.I. The molecule has 1 atom stereocenters. The number of guanidine groups is 1. The minimum Gasteiger partial charge on any atom is -0.382 e. The molecule has 6 nitrogen and oxygen atoms in total. The highest BCUT2D eigenvalue weighted by Crippen LogP contribution is 2.06. The average Bonchev–Trinajstić information content (AvgIpc) is 2.86. The summed E-state index contributed by atoms with van der Waals surface area (Å²) in [7, 11) is 5.54. The average molecular weight is 408 g/mol. The lowest BCUT2D eigenvalue weighted by molar-refractivity contribution is -0.0447. The summed E-state index contributed by atoms with van der Waals surface area (Å²) in [6, 6.07) is 2.10. The largest absolute Gasteiger partial charge is 0.382 e. The van der Waals surface area contributed by atoms with Gasteiger partial charge in [0.05, 0.1) is 19.3 Å². The Hall–Kier alpha value is -0.800. The third-order valence-corrected chi connectivity index (χ3v) is 3.35.